The maximum absolute atomic E-state index is 13.1. The van der Waals surface area contributed by atoms with Crippen molar-refractivity contribution in [3.05, 3.63) is 44.4 Å². The normalized spacial score (nSPS) is 14.2. The van der Waals surface area contributed by atoms with Gasteiger partial charge in [0.25, 0.3) is 5.69 Å². The summed E-state index contributed by atoms with van der Waals surface area (Å²) in [5.74, 6) is -1.05. The Kier molecular flexibility index (Phi) is 4.95. The number of rotatable bonds is 6. The standard InChI is InChI=1S/C14H12F3N5O4S/c15-14(16,17)9-5-8(22(25)26)3-4-10(9)18-11(23)6-27-13-20-19-12(24)21(13)7-1-2-7/h3-5,7H,1-2,6H2,(H,18,23)(H,19,24). The molecule has 13 heteroatoms. The third kappa shape index (κ3) is 4.30. The van der Waals surface area contributed by atoms with Crippen molar-refractivity contribution < 1.29 is 22.9 Å². The maximum atomic E-state index is 13.1. The lowest BCUT2D eigenvalue weighted by atomic mass is 10.1. The summed E-state index contributed by atoms with van der Waals surface area (Å²) in [5, 5.41) is 19.1. The Morgan fingerprint density at radius 1 is 1.44 bits per heavy atom. The Hall–Kier alpha value is -2.83. The zero-order chi connectivity index (χ0) is 19.8. The SMILES string of the molecule is O=C(CSc1n[nH]c(=O)n1C1CC1)Nc1ccc([N+](=O)[O-])cc1C(F)(F)F. The lowest BCUT2D eigenvalue weighted by Gasteiger charge is -2.13. The minimum Gasteiger partial charge on any atom is -0.325 e. The summed E-state index contributed by atoms with van der Waals surface area (Å²) in [6, 6.07) is 2.09. The van der Waals surface area contributed by atoms with E-state index in [0.29, 0.717) is 6.07 Å². The number of hydrogen-bond donors (Lipinski definition) is 2. The fraction of sp³-hybridized carbons (Fsp3) is 0.357. The minimum atomic E-state index is -4.88. The lowest BCUT2D eigenvalue weighted by molar-refractivity contribution is -0.385. The Balaban J connectivity index is 1.72. The number of aromatic amines is 1. The minimum absolute atomic E-state index is 0.0216. The Labute approximate surface area is 153 Å². The van der Waals surface area contributed by atoms with Crippen molar-refractivity contribution in [3.8, 4) is 0 Å². The highest BCUT2D eigenvalue weighted by molar-refractivity contribution is 7.99. The molecule has 1 amide bonds. The van der Waals surface area contributed by atoms with Crippen molar-refractivity contribution in [1.29, 1.82) is 0 Å². The number of carbonyl (C=O) groups excluding carboxylic acids is 1. The number of nitrogens with zero attached hydrogens (tertiary/aromatic N) is 3. The van der Waals surface area contributed by atoms with Gasteiger partial charge in [-0.15, -0.1) is 5.10 Å². The van der Waals surface area contributed by atoms with Crippen molar-refractivity contribution in [2.45, 2.75) is 30.2 Å². The molecule has 2 N–H and O–H groups in total. The maximum Gasteiger partial charge on any atom is 0.418 e. The zero-order valence-electron chi connectivity index (χ0n) is 13.4. The number of amides is 1. The fourth-order valence-corrected chi connectivity index (χ4v) is 3.17. The van der Waals surface area contributed by atoms with Crippen molar-refractivity contribution in [2.24, 2.45) is 0 Å². The summed E-state index contributed by atoms with van der Waals surface area (Å²) in [6.45, 7) is 0. The van der Waals surface area contributed by atoms with Gasteiger partial charge in [0.1, 0.15) is 0 Å². The number of carbonyl (C=O) groups is 1. The first kappa shape index (κ1) is 18.9. The largest absolute Gasteiger partial charge is 0.418 e. The monoisotopic (exact) mass is 403 g/mol. The van der Waals surface area contributed by atoms with E-state index in [1.165, 1.54) is 4.57 Å². The predicted molar refractivity (Wildman–Crippen MR) is 88.6 cm³/mol. The number of hydrogen-bond acceptors (Lipinski definition) is 6. The highest BCUT2D eigenvalue weighted by atomic mass is 32.2. The molecule has 0 aliphatic heterocycles. The highest BCUT2D eigenvalue weighted by Crippen LogP contribution is 2.38. The Morgan fingerprint density at radius 3 is 2.74 bits per heavy atom. The van der Waals surface area contributed by atoms with E-state index in [0.717, 1.165) is 36.7 Å². The number of non-ortho nitro benzene ring substituents is 1. The predicted octanol–water partition coefficient (Wildman–Crippen LogP) is 2.56. The van der Waals surface area contributed by atoms with Gasteiger partial charge in [-0.1, -0.05) is 11.8 Å². The second-order valence-corrected chi connectivity index (χ2v) is 6.68. The van der Waals surface area contributed by atoms with Gasteiger partial charge in [-0.2, -0.15) is 13.2 Å². The number of thioether (sulfide) groups is 1. The van der Waals surface area contributed by atoms with Crippen LogP contribution in [0.2, 0.25) is 0 Å². The molecule has 1 saturated carbocycles. The van der Waals surface area contributed by atoms with Crippen molar-refractivity contribution in [3.63, 3.8) is 0 Å². The van der Waals surface area contributed by atoms with E-state index in [1.807, 2.05) is 0 Å². The Morgan fingerprint density at radius 2 is 2.15 bits per heavy atom. The molecule has 1 fully saturated rings. The van der Waals surface area contributed by atoms with Gasteiger partial charge in [-0.05, 0) is 18.9 Å². The third-order valence-electron chi connectivity index (χ3n) is 3.71. The number of alkyl halides is 3. The highest BCUT2D eigenvalue weighted by Gasteiger charge is 2.35. The van der Waals surface area contributed by atoms with Crippen LogP contribution in [0.4, 0.5) is 24.5 Å². The third-order valence-corrected chi connectivity index (χ3v) is 4.66. The number of nitro benzene ring substituents is 1. The van der Waals surface area contributed by atoms with Crippen LogP contribution in [0.3, 0.4) is 0 Å². The van der Waals surface area contributed by atoms with E-state index < -0.39 is 39.6 Å². The quantitative estimate of drug-likeness (QED) is 0.434. The molecule has 144 valence electrons. The topological polar surface area (TPSA) is 123 Å². The molecule has 9 nitrogen and oxygen atoms in total. The molecule has 27 heavy (non-hydrogen) atoms. The van der Waals surface area contributed by atoms with Gasteiger partial charge in [0.2, 0.25) is 5.91 Å². The molecule has 0 spiro atoms. The summed E-state index contributed by atoms with van der Waals surface area (Å²) in [5.41, 5.74) is -3.04. The molecular formula is C14H12F3N5O4S. The first-order valence-electron chi connectivity index (χ1n) is 7.62. The summed E-state index contributed by atoms with van der Waals surface area (Å²) in [6.07, 6.45) is -3.25. The summed E-state index contributed by atoms with van der Waals surface area (Å²) < 4.78 is 40.7. The summed E-state index contributed by atoms with van der Waals surface area (Å²) in [4.78, 5) is 33.4. The van der Waals surface area contributed by atoms with Crippen molar-refractivity contribution >= 4 is 29.0 Å². The van der Waals surface area contributed by atoms with Gasteiger partial charge in [0.15, 0.2) is 5.16 Å². The molecule has 0 atom stereocenters. The van der Waals surface area contributed by atoms with Gasteiger partial charge in [-0.25, -0.2) is 9.89 Å². The van der Waals surface area contributed by atoms with Gasteiger partial charge < -0.3 is 5.32 Å². The zero-order valence-corrected chi connectivity index (χ0v) is 14.3. The molecule has 1 aromatic heterocycles. The molecule has 0 bridgehead atoms. The van der Waals surface area contributed by atoms with Crippen LogP contribution < -0.4 is 11.0 Å². The summed E-state index contributed by atoms with van der Waals surface area (Å²) >= 11 is 0.904. The molecule has 0 saturated heterocycles. The molecule has 2 aromatic rings. The van der Waals surface area contributed by atoms with Crippen LogP contribution in [-0.4, -0.2) is 31.3 Å². The molecular weight excluding hydrogens is 391 g/mol. The van der Waals surface area contributed by atoms with E-state index in [4.69, 9.17) is 0 Å². The molecule has 1 aliphatic carbocycles. The first-order valence-corrected chi connectivity index (χ1v) is 8.60. The van der Waals surface area contributed by atoms with Gasteiger partial charge >= 0.3 is 11.9 Å². The number of halogens is 3. The van der Waals surface area contributed by atoms with Gasteiger partial charge in [0, 0.05) is 18.2 Å². The number of H-pyrrole nitrogens is 1. The molecule has 3 rings (SSSR count). The van der Waals surface area contributed by atoms with E-state index in [1.54, 1.807) is 0 Å². The second kappa shape index (κ2) is 7.06. The van der Waals surface area contributed by atoms with Crippen LogP contribution in [0.25, 0.3) is 0 Å². The van der Waals surface area contributed by atoms with Crippen LogP contribution >= 0.6 is 11.8 Å². The Bertz CT molecular complexity index is 951. The number of aromatic nitrogens is 3. The van der Waals surface area contributed by atoms with Crippen LogP contribution in [0.1, 0.15) is 24.4 Å². The van der Waals surface area contributed by atoms with E-state index in [9.17, 15) is 32.9 Å². The first-order chi connectivity index (χ1) is 12.7. The summed E-state index contributed by atoms with van der Waals surface area (Å²) in [7, 11) is 0. The number of benzene rings is 1. The fourth-order valence-electron chi connectivity index (χ4n) is 2.35. The lowest BCUT2D eigenvalue weighted by Crippen LogP contribution is -2.19. The van der Waals surface area contributed by atoms with Gasteiger partial charge in [-0.3, -0.25) is 19.5 Å². The van der Waals surface area contributed by atoms with Crippen LogP contribution in [0.5, 0.6) is 0 Å². The number of nitro groups is 1. The average molecular weight is 403 g/mol. The van der Waals surface area contributed by atoms with Crippen molar-refractivity contribution in [2.75, 3.05) is 11.1 Å². The number of anilines is 1. The molecule has 1 aromatic carbocycles. The average Bonchev–Trinajstić information content (AvgIpc) is 3.35. The van der Waals surface area contributed by atoms with Crippen LogP contribution in [0.15, 0.2) is 28.2 Å². The van der Waals surface area contributed by atoms with E-state index in [-0.39, 0.29) is 17.0 Å². The second-order valence-electron chi connectivity index (χ2n) is 5.73. The molecule has 0 radical (unpaired) electrons. The van der Waals surface area contributed by atoms with Gasteiger partial charge in [0.05, 0.1) is 21.9 Å². The molecule has 1 aliphatic rings. The molecule has 1 heterocycles. The van der Waals surface area contributed by atoms with E-state index in [2.05, 4.69) is 15.5 Å². The van der Waals surface area contributed by atoms with E-state index >= 15 is 0 Å². The van der Waals surface area contributed by atoms with Crippen molar-refractivity contribution in [1.82, 2.24) is 14.8 Å². The van der Waals surface area contributed by atoms with Crippen LogP contribution in [-0.2, 0) is 11.0 Å². The molecule has 0 unspecified atom stereocenters. The number of nitrogens with one attached hydrogen (secondary N) is 2. The van der Waals surface area contributed by atoms with Crippen LogP contribution in [0, 0.1) is 10.1 Å². The smallest absolute Gasteiger partial charge is 0.325 e.